The van der Waals surface area contributed by atoms with Gasteiger partial charge in [0, 0.05) is 30.9 Å². The van der Waals surface area contributed by atoms with Crippen LogP contribution in [-0.2, 0) is 11.3 Å². The van der Waals surface area contributed by atoms with Crippen LogP contribution in [0, 0.1) is 0 Å². The maximum absolute atomic E-state index is 12.1. The quantitative estimate of drug-likeness (QED) is 0.842. The van der Waals surface area contributed by atoms with E-state index in [2.05, 4.69) is 5.32 Å². The molecule has 1 aromatic rings. The molecule has 0 atom stereocenters. The Morgan fingerprint density at radius 3 is 2.70 bits per heavy atom. The predicted octanol–water partition coefficient (Wildman–Crippen LogP) is 2.74. The van der Waals surface area contributed by atoms with Crippen molar-refractivity contribution in [3.05, 3.63) is 23.8 Å². The lowest BCUT2D eigenvalue weighted by Gasteiger charge is -2.24. The third-order valence-electron chi connectivity index (χ3n) is 3.33. The lowest BCUT2D eigenvalue weighted by Crippen LogP contribution is -2.31. The van der Waals surface area contributed by atoms with Crippen LogP contribution in [0.3, 0.4) is 0 Å². The first kappa shape index (κ1) is 19.0. The Morgan fingerprint density at radius 1 is 1.25 bits per heavy atom. The summed E-state index contributed by atoms with van der Waals surface area (Å²) >= 11 is 0. The number of amides is 1. The number of nitrogens with one attached hydrogen (secondary N) is 1. The monoisotopic (exact) mass is 319 g/mol. The van der Waals surface area contributed by atoms with E-state index in [9.17, 15) is 4.79 Å². The van der Waals surface area contributed by atoms with Crippen molar-refractivity contribution in [2.75, 3.05) is 24.2 Å². The highest BCUT2D eigenvalue weighted by Gasteiger charge is 2.20. The molecule has 20 heavy (non-hydrogen) atoms. The van der Waals surface area contributed by atoms with Crippen LogP contribution in [0.1, 0.15) is 31.2 Å². The Morgan fingerprint density at radius 2 is 2.00 bits per heavy atom. The number of nitrogen functional groups attached to an aromatic ring is 1. The molecule has 1 fully saturated rings. The number of anilines is 2. The van der Waals surface area contributed by atoms with Gasteiger partial charge in [0.05, 0.1) is 0 Å². The summed E-state index contributed by atoms with van der Waals surface area (Å²) in [6.45, 7) is 1.55. The number of halogens is 2. The van der Waals surface area contributed by atoms with Crippen LogP contribution < -0.4 is 16.0 Å². The minimum Gasteiger partial charge on any atom is -0.399 e. The van der Waals surface area contributed by atoms with E-state index < -0.39 is 0 Å². The fourth-order valence-corrected chi connectivity index (χ4v) is 2.44. The van der Waals surface area contributed by atoms with Crippen LogP contribution in [0.4, 0.5) is 11.4 Å². The number of nitrogens with zero attached hydrogens (tertiary/aromatic N) is 1. The maximum Gasteiger partial charge on any atom is 0.226 e. The molecule has 0 saturated carbocycles. The van der Waals surface area contributed by atoms with Gasteiger partial charge < -0.3 is 16.0 Å². The minimum absolute atomic E-state index is 0. The molecule has 0 unspecified atom stereocenters. The molecule has 3 N–H and O–H groups in total. The SMILES string of the molecule is CNCc1cc(N)ccc1N1CCCCCC1=O.Cl.Cl. The smallest absolute Gasteiger partial charge is 0.226 e. The zero-order valence-electron chi connectivity index (χ0n) is 11.7. The molecule has 1 aliphatic heterocycles. The molecule has 1 saturated heterocycles. The van der Waals surface area contributed by atoms with Crippen LogP contribution in [0.25, 0.3) is 0 Å². The summed E-state index contributed by atoms with van der Waals surface area (Å²) in [5.74, 6) is 0.231. The second-order valence-electron chi connectivity index (χ2n) is 4.77. The van der Waals surface area contributed by atoms with Crippen LogP contribution in [0.2, 0.25) is 0 Å². The lowest BCUT2D eigenvalue weighted by atomic mass is 10.1. The highest BCUT2D eigenvalue weighted by atomic mass is 35.5. The molecular formula is C14H23Cl2N3O. The minimum atomic E-state index is 0. The van der Waals surface area contributed by atoms with Crippen molar-refractivity contribution in [3.63, 3.8) is 0 Å². The van der Waals surface area contributed by atoms with Crippen molar-refractivity contribution in [1.29, 1.82) is 0 Å². The highest BCUT2D eigenvalue weighted by Crippen LogP contribution is 2.26. The van der Waals surface area contributed by atoms with Gasteiger partial charge in [-0.15, -0.1) is 24.8 Å². The van der Waals surface area contributed by atoms with Crippen molar-refractivity contribution in [2.45, 2.75) is 32.2 Å². The number of hydrogen-bond donors (Lipinski definition) is 2. The second-order valence-corrected chi connectivity index (χ2v) is 4.77. The lowest BCUT2D eigenvalue weighted by molar-refractivity contribution is -0.118. The average Bonchev–Trinajstić information content (AvgIpc) is 2.55. The van der Waals surface area contributed by atoms with Gasteiger partial charge in [-0.05, 0) is 43.7 Å². The van der Waals surface area contributed by atoms with Gasteiger partial charge in [-0.2, -0.15) is 0 Å². The van der Waals surface area contributed by atoms with Gasteiger partial charge in [0.2, 0.25) is 5.91 Å². The fraction of sp³-hybridized carbons (Fsp3) is 0.500. The fourth-order valence-electron chi connectivity index (χ4n) is 2.44. The van der Waals surface area contributed by atoms with Gasteiger partial charge in [0.15, 0.2) is 0 Å². The number of rotatable bonds is 3. The topological polar surface area (TPSA) is 58.4 Å². The summed E-state index contributed by atoms with van der Waals surface area (Å²) in [5, 5.41) is 3.13. The Hall–Kier alpha value is -0.970. The first-order valence-corrected chi connectivity index (χ1v) is 6.55. The van der Waals surface area contributed by atoms with E-state index in [0.29, 0.717) is 6.42 Å². The van der Waals surface area contributed by atoms with Gasteiger partial charge >= 0.3 is 0 Å². The van der Waals surface area contributed by atoms with Crippen LogP contribution in [0.15, 0.2) is 18.2 Å². The first-order valence-electron chi connectivity index (χ1n) is 6.55. The van der Waals surface area contributed by atoms with E-state index in [1.165, 1.54) is 0 Å². The van der Waals surface area contributed by atoms with Crippen molar-refractivity contribution in [1.82, 2.24) is 5.32 Å². The third kappa shape index (κ3) is 4.54. The summed E-state index contributed by atoms with van der Waals surface area (Å²) in [6, 6.07) is 5.78. The molecule has 0 bridgehead atoms. The van der Waals surface area contributed by atoms with Crippen molar-refractivity contribution < 1.29 is 4.79 Å². The molecule has 4 nitrogen and oxygen atoms in total. The van der Waals surface area contributed by atoms with Crippen molar-refractivity contribution in [2.24, 2.45) is 0 Å². The normalized spacial score (nSPS) is 15.1. The van der Waals surface area contributed by atoms with Crippen LogP contribution in [0.5, 0.6) is 0 Å². The third-order valence-corrected chi connectivity index (χ3v) is 3.33. The zero-order chi connectivity index (χ0) is 13.0. The van der Waals surface area contributed by atoms with E-state index in [0.717, 1.165) is 49.3 Å². The van der Waals surface area contributed by atoms with E-state index in [-0.39, 0.29) is 30.7 Å². The number of nitrogens with two attached hydrogens (primary N) is 1. The van der Waals surface area contributed by atoms with Crippen molar-refractivity contribution in [3.8, 4) is 0 Å². The molecule has 1 aliphatic rings. The van der Waals surface area contributed by atoms with Gasteiger partial charge in [-0.3, -0.25) is 4.79 Å². The number of hydrogen-bond acceptors (Lipinski definition) is 3. The highest BCUT2D eigenvalue weighted by molar-refractivity contribution is 5.94. The largest absolute Gasteiger partial charge is 0.399 e. The van der Waals surface area contributed by atoms with E-state index in [1.54, 1.807) is 0 Å². The summed E-state index contributed by atoms with van der Waals surface area (Å²) in [5.41, 5.74) is 8.66. The number of carbonyl (C=O) groups is 1. The van der Waals surface area contributed by atoms with Crippen molar-refractivity contribution >= 4 is 42.1 Å². The average molecular weight is 320 g/mol. The summed E-state index contributed by atoms with van der Waals surface area (Å²) in [4.78, 5) is 14.0. The molecule has 1 amide bonds. The molecule has 0 aliphatic carbocycles. The molecule has 114 valence electrons. The number of benzene rings is 1. The zero-order valence-corrected chi connectivity index (χ0v) is 13.4. The molecule has 6 heteroatoms. The Balaban J connectivity index is 0.00000180. The van der Waals surface area contributed by atoms with Crippen LogP contribution >= 0.6 is 24.8 Å². The summed E-state index contributed by atoms with van der Waals surface area (Å²) in [7, 11) is 1.90. The van der Waals surface area contributed by atoms with Crippen LogP contribution in [-0.4, -0.2) is 19.5 Å². The Bertz CT molecular complexity index is 440. The Kier molecular flexibility index (Phi) is 8.62. The van der Waals surface area contributed by atoms with Gasteiger partial charge in [0.1, 0.15) is 0 Å². The molecule has 0 aromatic heterocycles. The molecule has 0 radical (unpaired) electrons. The number of carbonyl (C=O) groups excluding carboxylic acids is 1. The van der Waals surface area contributed by atoms with Gasteiger partial charge in [0.25, 0.3) is 0 Å². The molecule has 0 spiro atoms. The van der Waals surface area contributed by atoms with E-state index in [1.807, 2.05) is 30.1 Å². The van der Waals surface area contributed by atoms with Gasteiger partial charge in [-0.25, -0.2) is 0 Å². The summed E-state index contributed by atoms with van der Waals surface area (Å²) < 4.78 is 0. The molecule has 2 rings (SSSR count). The Labute approximate surface area is 132 Å². The molecular weight excluding hydrogens is 297 g/mol. The first-order chi connectivity index (χ1) is 8.72. The standard InChI is InChI=1S/C14H21N3O.2ClH/c1-16-10-11-9-12(15)6-7-13(11)17-8-4-2-3-5-14(17)18;;/h6-7,9,16H,2-5,8,10,15H2,1H3;2*1H. The van der Waals surface area contributed by atoms with E-state index >= 15 is 0 Å². The maximum atomic E-state index is 12.1. The van der Waals surface area contributed by atoms with E-state index in [4.69, 9.17) is 5.73 Å². The molecule has 1 aromatic carbocycles. The second kappa shape index (κ2) is 9.06. The molecule has 1 heterocycles. The predicted molar refractivity (Wildman–Crippen MR) is 88.9 cm³/mol. The summed E-state index contributed by atoms with van der Waals surface area (Å²) in [6.07, 6.45) is 3.88. The van der Waals surface area contributed by atoms with Gasteiger partial charge in [-0.1, -0.05) is 6.42 Å².